The van der Waals surface area contributed by atoms with Gasteiger partial charge in [0, 0.05) is 0 Å². The Bertz CT molecular complexity index is 727. The second-order valence-electron chi connectivity index (χ2n) is 5.66. The van der Waals surface area contributed by atoms with Crippen molar-refractivity contribution in [2.75, 3.05) is 42.7 Å². The van der Waals surface area contributed by atoms with Gasteiger partial charge in [-0.2, -0.15) is 0 Å². The van der Waals surface area contributed by atoms with Crippen molar-refractivity contribution in [2.24, 2.45) is 0 Å². The molecule has 0 aliphatic heterocycles. The Morgan fingerprint density at radius 1 is 0.630 bits per heavy atom. The molecule has 148 valence electrons. The fourth-order valence-electron chi connectivity index (χ4n) is 2.86. The summed E-state index contributed by atoms with van der Waals surface area (Å²) in [5.74, 6) is 3.36. The summed E-state index contributed by atoms with van der Waals surface area (Å²) in [6.45, 7) is 0. The van der Waals surface area contributed by atoms with Crippen molar-refractivity contribution in [1.82, 2.24) is 0 Å². The predicted molar refractivity (Wildman–Crippen MR) is 104 cm³/mol. The third-order valence-electron chi connectivity index (χ3n) is 4.19. The molecule has 0 N–H and O–H groups in total. The number of rotatable bonds is 9. The normalized spacial score (nSPS) is 11.5. The quantitative estimate of drug-likeness (QED) is 0.590. The van der Waals surface area contributed by atoms with Gasteiger partial charge in [0.05, 0.1) is 48.0 Å². The number of benzene rings is 2. The average Bonchev–Trinajstić information content (AvgIpc) is 2.71. The molecule has 0 radical (unpaired) electrons. The first-order valence-corrected chi connectivity index (χ1v) is 8.69. The van der Waals surface area contributed by atoms with Crippen LogP contribution in [0.4, 0.5) is 0 Å². The van der Waals surface area contributed by atoms with Gasteiger partial charge in [0.15, 0.2) is 23.0 Å². The number of alkyl halides is 1. The van der Waals surface area contributed by atoms with Crippen LogP contribution >= 0.6 is 11.6 Å². The minimum Gasteiger partial charge on any atom is -0.493 e. The van der Waals surface area contributed by atoms with E-state index in [2.05, 4.69) is 0 Å². The van der Waals surface area contributed by atoms with Gasteiger partial charge in [0.1, 0.15) is 0 Å². The lowest BCUT2D eigenvalue weighted by atomic mass is 10.0. The van der Waals surface area contributed by atoms with E-state index in [4.69, 9.17) is 40.0 Å². The van der Waals surface area contributed by atoms with E-state index in [0.29, 0.717) is 40.9 Å². The SMILES string of the molecule is COc1cc(CC(Cl)c2cc(OC)c(OC)c(OC)c2)cc(OC)c1OC. The number of hydrogen-bond acceptors (Lipinski definition) is 6. The van der Waals surface area contributed by atoms with Crippen LogP contribution in [0.3, 0.4) is 0 Å². The van der Waals surface area contributed by atoms with Crippen LogP contribution in [0.25, 0.3) is 0 Å². The summed E-state index contributed by atoms with van der Waals surface area (Å²) in [7, 11) is 9.44. The Morgan fingerprint density at radius 2 is 1.00 bits per heavy atom. The third-order valence-corrected chi connectivity index (χ3v) is 4.59. The summed E-state index contributed by atoms with van der Waals surface area (Å²) in [5, 5.41) is -0.332. The lowest BCUT2D eigenvalue weighted by molar-refractivity contribution is 0.323. The molecule has 6 nitrogen and oxygen atoms in total. The second kappa shape index (κ2) is 9.46. The fraction of sp³-hybridized carbons (Fsp3) is 0.400. The first-order chi connectivity index (χ1) is 13.0. The zero-order valence-corrected chi connectivity index (χ0v) is 17.2. The van der Waals surface area contributed by atoms with Gasteiger partial charge in [-0.05, 0) is 41.8 Å². The molecule has 0 aromatic heterocycles. The van der Waals surface area contributed by atoms with Crippen molar-refractivity contribution in [1.29, 1.82) is 0 Å². The molecule has 2 aromatic rings. The average molecular weight is 397 g/mol. The molecule has 0 bridgehead atoms. The van der Waals surface area contributed by atoms with Gasteiger partial charge in [0.2, 0.25) is 11.5 Å². The molecule has 1 atom stereocenters. The summed E-state index contributed by atoms with van der Waals surface area (Å²) < 4.78 is 32.3. The number of hydrogen-bond donors (Lipinski definition) is 0. The zero-order valence-electron chi connectivity index (χ0n) is 16.4. The molecular formula is C20H25ClO6. The molecule has 2 aromatic carbocycles. The smallest absolute Gasteiger partial charge is 0.203 e. The standard InChI is InChI=1S/C20H25ClO6/c1-22-15-8-12(9-16(23-2)19(15)26-5)7-14(21)13-10-17(24-3)20(27-6)18(11-13)25-4/h8-11,14H,7H2,1-6H3. The Labute approximate surface area is 164 Å². The first kappa shape index (κ1) is 20.8. The van der Waals surface area contributed by atoms with E-state index in [1.807, 2.05) is 24.3 Å². The van der Waals surface area contributed by atoms with Gasteiger partial charge in [0.25, 0.3) is 0 Å². The maximum atomic E-state index is 6.69. The van der Waals surface area contributed by atoms with E-state index in [1.165, 1.54) is 0 Å². The molecule has 0 spiro atoms. The van der Waals surface area contributed by atoms with Crippen LogP contribution < -0.4 is 28.4 Å². The fourth-order valence-corrected chi connectivity index (χ4v) is 3.16. The van der Waals surface area contributed by atoms with Gasteiger partial charge in [-0.25, -0.2) is 0 Å². The molecule has 0 amide bonds. The van der Waals surface area contributed by atoms with Gasteiger partial charge in [-0.15, -0.1) is 11.6 Å². The van der Waals surface area contributed by atoms with Crippen LogP contribution in [0, 0.1) is 0 Å². The van der Waals surface area contributed by atoms with E-state index in [9.17, 15) is 0 Å². The number of methoxy groups -OCH3 is 6. The van der Waals surface area contributed by atoms with Crippen molar-refractivity contribution >= 4 is 11.6 Å². The maximum Gasteiger partial charge on any atom is 0.203 e. The summed E-state index contributed by atoms with van der Waals surface area (Å²) in [4.78, 5) is 0. The Morgan fingerprint density at radius 3 is 1.33 bits per heavy atom. The minimum absolute atomic E-state index is 0.332. The van der Waals surface area contributed by atoms with Crippen molar-refractivity contribution in [3.8, 4) is 34.5 Å². The van der Waals surface area contributed by atoms with Crippen LogP contribution in [0.5, 0.6) is 34.5 Å². The first-order valence-electron chi connectivity index (χ1n) is 8.25. The number of ether oxygens (including phenoxy) is 6. The molecule has 7 heteroatoms. The molecule has 27 heavy (non-hydrogen) atoms. The van der Waals surface area contributed by atoms with Gasteiger partial charge in [-0.3, -0.25) is 0 Å². The molecule has 0 aliphatic rings. The predicted octanol–water partition coefficient (Wildman–Crippen LogP) is 4.26. The molecule has 2 rings (SSSR count). The maximum absolute atomic E-state index is 6.69. The summed E-state index contributed by atoms with van der Waals surface area (Å²) in [6.07, 6.45) is 0.539. The monoisotopic (exact) mass is 396 g/mol. The lowest BCUT2D eigenvalue weighted by Gasteiger charge is -2.18. The molecule has 1 unspecified atom stereocenters. The van der Waals surface area contributed by atoms with Gasteiger partial charge < -0.3 is 28.4 Å². The Hall–Kier alpha value is -2.47. The molecule has 0 fully saturated rings. The second-order valence-corrected chi connectivity index (χ2v) is 6.19. The highest BCUT2D eigenvalue weighted by atomic mass is 35.5. The van der Waals surface area contributed by atoms with Crippen molar-refractivity contribution in [2.45, 2.75) is 11.8 Å². The molecule has 0 saturated carbocycles. The highest BCUT2D eigenvalue weighted by Crippen LogP contribution is 2.43. The summed E-state index contributed by atoms with van der Waals surface area (Å²) >= 11 is 6.69. The van der Waals surface area contributed by atoms with Gasteiger partial charge in [-0.1, -0.05) is 0 Å². The Kier molecular flexibility index (Phi) is 7.30. The van der Waals surface area contributed by atoms with Crippen LogP contribution in [0.2, 0.25) is 0 Å². The van der Waals surface area contributed by atoms with Crippen molar-refractivity contribution in [3.05, 3.63) is 35.4 Å². The van der Waals surface area contributed by atoms with E-state index in [0.717, 1.165) is 11.1 Å². The van der Waals surface area contributed by atoms with E-state index in [1.54, 1.807) is 42.7 Å². The van der Waals surface area contributed by atoms with Crippen LogP contribution in [-0.2, 0) is 6.42 Å². The Balaban J connectivity index is 2.38. The van der Waals surface area contributed by atoms with E-state index < -0.39 is 0 Å². The lowest BCUT2D eigenvalue weighted by Crippen LogP contribution is -2.02. The molecule has 0 saturated heterocycles. The van der Waals surface area contributed by atoms with Crippen LogP contribution in [0.1, 0.15) is 16.5 Å². The molecule has 0 aliphatic carbocycles. The topological polar surface area (TPSA) is 55.4 Å². The van der Waals surface area contributed by atoms with Crippen molar-refractivity contribution in [3.63, 3.8) is 0 Å². The largest absolute Gasteiger partial charge is 0.493 e. The molecule has 0 heterocycles. The molecular weight excluding hydrogens is 372 g/mol. The summed E-state index contributed by atoms with van der Waals surface area (Å²) in [5.41, 5.74) is 1.79. The van der Waals surface area contributed by atoms with Crippen LogP contribution in [0.15, 0.2) is 24.3 Å². The van der Waals surface area contributed by atoms with Gasteiger partial charge >= 0.3 is 0 Å². The van der Waals surface area contributed by atoms with Crippen LogP contribution in [-0.4, -0.2) is 42.7 Å². The third kappa shape index (κ3) is 4.45. The van der Waals surface area contributed by atoms with Crippen molar-refractivity contribution < 1.29 is 28.4 Å². The highest BCUT2D eigenvalue weighted by molar-refractivity contribution is 6.21. The highest BCUT2D eigenvalue weighted by Gasteiger charge is 2.20. The number of halogens is 1. The van der Waals surface area contributed by atoms with E-state index in [-0.39, 0.29) is 5.38 Å². The zero-order chi connectivity index (χ0) is 20.0. The minimum atomic E-state index is -0.332. The summed E-state index contributed by atoms with van der Waals surface area (Å²) in [6, 6.07) is 7.46. The van der Waals surface area contributed by atoms with E-state index >= 15 is 0 Å².